The molecule has 9 heteroatoms. The van der Waals surface area contributed by atoms with Gasteiger partial charge in [-0.05, 0) is 54.0 Å². The van der Waals surface area contributed by atoms with Gasteiger partial charge in [-0.3, -0.25) is 9.59 Å². The fraction of sp³-hybridized carbons (Fsp3) is 0.333. The Balaban J connectivity index is 1.27. The third kappa shape index (κ3) is 5.98. The van der Waals surface area contributed by atoms with E-state index in [1.165, 1.54) is 34.4 Å². The van der Waals surface area contributed by atoms with Crippen LogP contribution in [0.25, 0.3) is 0 Å². The molecule has 0 saturated carbocycles. The van der Waals surface area contributed by atoms with Gasteiger partial charge in [-0.2, -0.15) is 0 Å². The molecule has 1 unspecified atom stereocenters. The second kappa shape index (κ2) is 11.7. The molecular formula is C27H28F2N2O4S. The first-order valence-corrected chi connectivity index (χ1v) is 12.7. The minimum Gasteiger partial charge on any atom is -0.380 e. The predicted molar refractivity (Wildman–Crippen MR) is 132 cm³/mol. The number of hydrogen-bond acceptors (Lipinski definition) is 5. The van der Waals surface area contributed by atoms with Crippen molar-refractivity contribution in [1.29, 1.82) is 0 Å². The van der Waals surface area contributed by atoms with Gasteiger partial charge >= 0.3 is 0 Å². The van der Waals surface area contributed by atoms with Crippen molar-refractivity contribution in [1.82, 2.24) is 10.2 Å². The zero-order chi connectivity index (χ0) is 25.7. The van der Waals surface area contributed by atoms with E-state index in [-0.39, 0.29) is 24.6 Å². The Morgan fingerprint density at radius 2 is 1.78 bits per heavy atom. The Morgan fingerprint density at radius 1 is 1.06 bits per heavy atom. The second-order valence-corrected chi connectivity index (χ2v) is 9.83. The van der Waals surface area contributed by atoms with Gasteiger partial charge in [0.1, 0.15) is 11.6 Å². The average molecular weight is 515 g/mol. The van der Waals surface area contributed by atoms with Crippen LogP contribution in [0.4, 0.5) is 8.78 Å². The van der Waals surface area contributed by atoms with Crippen LogP contribution in [0.2, 0.25) is 0 Å². The summed E-state index contributed by atoms with van der Waals surface area (Å²) < 4.78 is 27.8. The number of aliphatic hydroxyl groups is 2. The van der Waals surface area contributed by atoms with Crippen LogP contribution in [0.15, 0.2) is 60.0 Å². The van der Waals surface area contributed by atoms with Gasteiger partial charge in [0.25, 0.3) is 11.8 Å². The highest BCUT2D eigenvalue weighted by atomic mass is 32.1. The predicted octanol–water partition coefficient (Wildman–Crippen LogP) is 3.36. The summed E-state index contributed by atoms with van der Waals surface area (Å²) in [6.07, 6.45) is -1.69. The number of thiophene rings is 1. The normalized spacial score (nSPS) is 17.1. The maximum Gasteiger partial charge on any atom is 0.255 e. The van der Waals surface area contributed by atoms with Crippen molar-refractivity contribution in [3.8, 4) is 0 Å². The molecule has 1 aliphatic rings. The van der Waals surface area contributed by atoms with Crippen LogP contribution in [-0.4, -0.2) is 52.2 Å². The van der Waals surface area contributed by atoms with Crippen LogP contribution >= 0.6 is 11.3 Å². The summed E-state index contributed by atoms with van der Waals surface area (Å²) in [4.78, 5) is 27.7. The molecule has 3 N–H and O–H groups in total. The van der Waals surface area contributed by atoms with E-state index in [4.69, 9.17) is 0 Å². The minimum absolute atomic E-state index is 0.00411. The monoisotopic (exact) mass is 514 g/mol. The Morgan fingerprint density at radius 3 is 2.50 bits per heavy atom. The number of nitrogens with zero attached hydrogens (tertiary/aromatic N) is 1. The summed E-state index contributed by atoms with van der Waals surface area (Å²) in [7, 11) is 0. The number of benzene rings is 2. The topological polar surface area (TPSA) is 89.9 Å². The van der Waals surface area contributed by atoms with Crippen molar-refractivity contribution in [2.45, 2.75) is 43.9 Å². The Hall–Kier alpha value is -3.14. The highest BCUT2D eigenvalue weighted by Crippen LogP contribution is 2.32. The molecular weight excluding hydrogens is 486 g/mol. The van der Waals surface area contributed by atoms with Crippen molar-refractivity contribution in [3.63, 3.8) is 0 Å². The first-order valence-electron chi connectivity index (χ1n) is 11.8. The molecule has 1 aliphatic heterocycles. The maximum atomic E-state index is 13.9. The second-order valence-electron chi connectivity index (χ2n) is 8.83. The number of aliphatic hydroxyl groups excluding tert-OH is 2. The van der Waals surface area contributed by atoms with Gasteiger partial charge in [-0.15, -0.1) is 11.3 Å². The van der Waals surface area contributed by atoms with E-state index in [0.717, 1.165) is 28.8 Å². The van der Waals surface area contributed by atoms with Gasteiger partial charge in [-0.25, -0.2) is 8.78 Å². The first kappa shape index (κ1) is 25.9. The number of amides is 2. The molecule has 0 radical (unpaired) electrons. The number of likely N-dealkylation sites (tertiary alicyclic amines) is 1. The number of rotatable bonds is 9. The van der Waals surface area contributed by atoms with E-state index in [2.05, 4.69) is 5.32 Å². The Labute approximate surface area is 212 Å². The van der Waals surface area contributed by atoms with Crippen molar-refractivity contribution in [2.75, 3.05) is 13.1 Å². The molecule has 36 heavy (non-hydrogen) atoms. The molecule has 1 aromatic heterocycles. The van der Waals surface area contributed by atoms with E-state index < -0.39 is 35.7 Å². The molecule has 1 fully saturated rings. The number of carbonyl (C=O) groups excluding carboxylic acids is 2. The third-order valence-corrected chi connectivity index (χ3v) is 7.41. The Bertz CT molecular complexity index is 1180. The van der Waals surface area contributed by atoms with Gasteiger partial charge < -0.3 is 20.4 Å². The molecule has 6 nitrogen and oxygen atoms in total. The minimum atomic E-state index is -1.89. The largest absolute Gasteiger partial charge is 0.380 e. The fourth-order valence-electron chi connectivity index (χ4n) is 4.47. The lowest BCUT2D eigenvalue weighted by Gasteiger charge is -2.28. The molecule has 2 amide bonds. The zero-order valence-electron chi connectivity index (χ0n) is 19.6. The van der Waals surface area contributed by atoms with Crippen LogP contribution in [0.1, 0.15) is 40.5 Å². The quantitative estimate of drug-likeness (QED) is 0.409. The van der Waals surface area contributed by atoms with Crippen molar-refractivity contribution < 1.29 is 28.6 Å². The SMILES string of the molecule is O=C(NCCc1cc(Cc2c(F)cccc2F)cs1)[C@H](O)[C@@H](O)C(=O)N1CCCC1c1ccccc1. The molecule has 0 spiro atoms. The lowest BCUT2D eigenvalue weighted by Crippen LogP contribution is -2.50. The van der Waals surface area contributed by atoms with E-state index in [0.29, 0.717) is 13.0 Å². The fourth-order valence-corrected chi connectivity index (χ4v) is 5.36. The molecule has 4 rings (SSSR count). The molecule has 3 atom stereocenters. The van der Waals surface area contributed by atoms with Gasteiger partial charge in [0, 0.05) is 30.0 Å². The summed E-state index contributed by atoms with van der Waals surface area (Å²) in [6.45, 7) is 0.614. The molecule has 3 aromatic rings. The van der Waals surface area contributed by atoms with Gasteiger partial charge in [0.05, 0.1) is 6.04 Å². The number of carbonyl (C=O) groups is 2. The molecule has 2 aromatic carbocycles. The van der Waals surface area contributed by atoms with E-state index in [1.807, 2.05) is 36.4 Å². The van der Waals surface area contributed by atoms with Crippen LogP contribution in [0, 0.1) is 11.6 Å². The smallest absolute Gasteiger partial charge is 0.255 e. The standard InChI is InChI=1S/C27H28F2N2O4S/c28-21-8-4-9-22(29)20(21)15-17-14-19(36-16-17)11-12-30-26(34)24(32)25(33)27(35)31-13-5-10-23(31)18-6-2-1-3-7-18/h1-4,6-9,14,16,23-25,32-33H,5,10-13,15H2,(H,30,34)/t23?,24-,25-/m1/s1. The van der Waals surface area contributed by atoms with Crippen LogP contribution in [-0.2, 0) is 22.4 Å². The maximum absolute atomic E-state index is 13.9. The lowest BCUT2D eigenvalue weighted by atomic mass is 10.0. The number of hydrogen-bond donors (Lipinski definition) is 3. The average Bonchev–Trinajstić information content (AvgIpc) is 3.55. The third-order valence-electron chi connectivity index (χ3n) is 6.36. The van der Waals surface area contributed by atoms with Crippen molar-refractivity contribution in [3.05, 3.63) is 93.2 Å². The molecule has 0 aliphatic carbocycles. The summed E-state index contributed by atoms with van der Waals surface area (Å²) in [6, 6.07) is 14.8. The highest BCUT2D eigenvalue weighted by molar-refractivity contribution is 7.10. The highest BCUT2D eigenvalue weighted by Gasteiger charge is 2.38. The van der Waals surface area contributed by atoms with Gasteiger partial charge in [-0.1, -0.05) is 36.4 Å². The number of halogens is 2. The Kier molecular flexibility index (Phi) is 8.45. The number of nitrogens with one attached hydrogen (secondary N) is 1. The van der Waals surface area contributed by atoms with Gasteiger partial charge in [0.2, 0.25) is 0 Å². The molecule has 190 valence electrons. The van der Waals surface area contributed by atoms with E-state index >= 15 is 0 Å². The van der Waals surface area contributed by atoms with E-state index in [1.54, 1.807) is 5.38 Å². The van der Waals surface area contributed by atoms with Crippen LogP contribution in [0.5, 0.6) is 0 Å². The molecule has 1 saturated heterocycles. The van der Waals surface area contributed by atoms with Gasteiger partial charge in [0.15, 0.2) is 12.2 Å². The van der Waals surface area contributed by atoms with Crippen LogP contribution in [0.3, 0.4) is 0 Å². The zero-order valence-corrected chi connectivity index (χ0v) is 20.4. The van der Waals surface area contributed by atoms with Crippen molar-refractivity contribution in [2.24, 2.45) is 0 Å². The molecule has 2 heterocycles. The van der Waals surface area contributed by atoms with Crippen LogP contribution < -0.4 is 5.32 Å². The summed E-state index contributed by atoms with van der Waals surface area (Å²) in [5.74, 6) is -2.70. The molecule has 0 bridgehead atoms. The lowest BCUT2D eigenvalue weighted by molar-refractivity contribution is -0.153. The van der Waals surface area contributed by atoms with Crippen molar-refractivity contribution >= 4 is 23.2 Å². The first-order chi connectivity index (χ1) is 17.3. The van der Waals surface area contributed by atoms with E-state index in [9.17, 15) is 28.6 Å². The summed E-state index contributed by atoms with van der Waals surface area (Å²) in [5.41, 5.74) is 1.71. The summed E-state index contributed by atoms with van der Waals surface area (Å²) in [5, 5.41) is 25.1. The summed E-state index contributed by atoms with van der Waals surface area (Å²) >= 11 is 1.40.